The van der Waals surface area contributed by atoms with Crippen LogP contribution in [0.2, 0.25) is 0 Å². The van der Waals surface area contributed by atoms with E-state index in [4.69, 9.17) is 4.74 Å². The van der Waals surface area contributed by atoms with Gasteiger partial charge in [-0.3, -0.25) is 0 Å². The Morgan fingerprint density at radius 3 is 2.27 bits per heavy atom. The standard InChI is InChI=1S/C11H14F2O2/c1-3-15-9-6-4-8(5-7-9)11(2,14)10(12)13/h4-7,10,14H,3H2,1-2H3. The maximum atomic E-state index is 12.5. The summed E-state index contributed by atoms with van der Waals surface area (Å²) in [4.78, 5) is 0. The lowest BCUT2D eigenvalue weighted by molar-refractivity contribution is -0.0883. The number of aliphatic hydroxyl groups is 1. The summed E-state index contributed by atoms with van der Waals surface area (Å²) in [5, 5.41) is 9.49. The Kier molecular flexibility index (Phi) is 3.63. The van der Waals surface area contributed by atoms with Crippen molar-refractivity contribution in [2.24, 2.45) is 0 Å². The lowest BCUT2D eigenvalue weighted by Gasteiger charge is -2.22. The molecular weight excluding hydrogens is 202 g/mol. The molecule has 0 saturated carbocycles. The van der Waals surface area contributed by atoms with Crippen LogP contribution in [0.3, 0.4) is 0 Å². The zero-order valence-corrected chi connectivity index (χ0v) is 8.71. The second-order valence-electron chi connectivity index (χ2n) is 3.41. The molecule has 0 fully saturated rings. The van der Waals surface area contributed by atoms with Crippen LogP contribution in [0.1, 0.15) is 19.4 Å². The average Bonchev–Trinajstić information content (AvgIpc) is 2.19. The van der Waals surface area contributed by atoms with E-state index < -0.39 is 12.0 Å². The molecule has 2 nitrogen and oxygen atoms in total. The number of hydrogen-bond donors (Lipinski definition) is 1. The third-order valence-corrected chi connectivity index (χ3v) is 2.17. The van der Waals surface area contributed by atoms with Crippen molar-refractivity contribution in [2.45, 2.75) is 25.9 Å². The van der Waals surface area contributed by atoms with Crippen molar-refractivity contribution < 1.29 is 18.6 Å². The van der Waals surface area contributed by atoms with Gasteiger partial charge in [-0.2, -0.15) is 0 Å². The van der Waals surface area contributed by atoms with Crippen molar-refractivity contribution in [3.05, 3.63) is 29.8 Å². The lowest BCUT2D eigenvalue weighted by Crippen LogP contribution is -2.30. The Hall–Kier alpha value is -1.16. The molecule has 0 amide bonds. The van der Waals surface area contributed by atoms with Crippen molar-refractivity contribution in [3.8, 4) is 5.75 Å². The fourth-order valence-corrected chi connectivity index (χ4v) is 1.18. The molecule has 4 heteroatoms. The molecule has 15 heavy (non-hydrogen) atoms. The second-order valence-corrected chi connectivity index (χ2v) is 3.41. The Morgan fingerprint density at radius 2 is 1.87 bits per heavy atom. The number of ether oxygens (including phenoxy) is 1. The lowest BCUT2D eigenvalue weighted by atomic mass is 9.97. The summed E-state index contributed by atoms with van der Waals surface area (Å²) in [7, 11) is 0. The normalized spacial score (nSPS) is 15.1. The molecule has 0 aromatic heterocycles. The molecule has 0 heterocycles. The van der Waals surface area contributed by atoms with Crippen molar-refractivity contribution in [1.29, 1.82) is 0 Å². The van der Waals surface area contributed by atoms with Gasteiger partial charge in [0.05, 0.1) is 6.61 Å². The smallest absolute Gasteiger partial charge is 0.270 e. The van der Waals surface area contributed by atoms with Crippen molar-refractivity contribution in [1.82, 2.24) is 0 Å². The highest BCUT2D eigenvalue weighted by Crippen LogP contribution is 2.28. The van der Waals surface area contributed by atoms with Gasteiger partial charge in [-0.05, 0) is 31.5 Å². The molecule has 1 N–H and O–H groups in total. The highest BCUT2D eigenvalue weighted by molar-refractivity contribution is 5.30. The molecule has 0 aliphatic heterocycles. The molecule has 84 valence electrons. The van der Waals surface area contributed by atoms with Crippen LogP contribution in [0, 0.1) is 0 Å². The summed E-state index contributed by atoms with van der Waals surface area (Å²) in [5.74, 6) is 0.603. The van der Waals surface area contributed by atoms with E-state index in [0.717, 1.165) is 6.92 Å². The molecule has 0 spiro atoms. The third kappa shape index (κ3) is 2.65. The molecule has 0 radical (unpaired) electrons. The van der Waals surface area contributed by atoms with Gasteiger partial charge in [0.25, 0.3) is 6.43 Å². The first-order chi connectivity index (χ1) is 6.98. The van der Waals surface area contributed by atoms with Gasteiger partial charge in [-0.15, -0.1) is 0 Å². The van der Waals surface area contributed by atoms with Crippen molar-refractivity contribution in [2.75, 3.05) is 6.61 Å². The third-order valence-electron chi connectivity index (χ3n) is 2.17. The first-order valence-electron chi connectivity index (χ1n) is 4.72. The van der Waals surface area contributed by atoms with Crippen molar-refractivity contribution in [3.63, 3.8) is 0 Å². The summed E-state index contributed by atoms with van der Waals surface area (Å²) >= 11 is 0. The monoisotopic (exact) mass is 216 g/mol. The van der Waals surface area contributed by atoms with Gasteiger partial charge < -0.3 is 9.84 Å². The van der Waals surface area contributed by atoms with Crippen LogP contribution in [-0.4, -0.2) is 18.1 Å². The molecule has 0 saturated heterocycles. The first-order valence-corrected chi connectivity index (χ1v) is 4.72. The number of rotatable bonds is 4. The minimum absolute atomic E-state index is 0.181. The molecule has 1 aromatic carbocycles. The molecule has 0 aliphatic carbocycles. The maximum absolute atomic E-state index is 12.5. The zero-order valence-electron chi connectivity index (χ0n) is 8.71. The van der Waals surface area contributed by atoms with E-state index in [9.17, 15) is 13.9 Å². The number of alkyl halides is 2. The second kappa shape index (κ2) is 4.57. The van der Waals surface area contributed by atoms with Gasteiger partial charge in [-0.1, -0.05) is 12.1 Å². The van der Waals surface area contributed by atoms with E-state index in [1.54, 1.807) is 12.1 Å². The van der Waals surface area contributed by atoms with E-state index in [0.29, 0.717) is 12.4 Å². The molecule has 1 atom stereocenters. The fraction of sp³-hybridized carbons (Fsp3) is 0.455. The highest BCUT2D eigenvalue weighted by Gasteiger charge is 2.33. The summed E-state index contributed by atoms with van der Waals surface area (Å²) in [6, 6.07) is 6.01. The molecule has 1 unspecified atom stereocenters. The minimum atomic E-state index is -2.81. The topological polar surface area (TPSA) is 29.5 Å². The van der Waals surface area contributed by atoms with Crippen LogP contribution in [0.4, 0.5) is 8.78 Å². The molecule has 1 rings (SSSR count). The van der Waals surface area contributed by atoms with E-state index >= 15 is 0 Å². The predicted molar refractivity (Wildman–Crippen MR) is 53.2 cm³/mol. The van der Waals surface area contributed by atoms with Gasteiger partial charge in [0.15, 0.2) is 0 Å². The van der Waals surface area contributed by atoms with Gasteiger partial charge in [-0.25, -0.2) is 8.78 Å². The van der Waals surface area contributed by atoms with Crippen LogP contribution in [-0.2, 0) is 5.60 Å². The average molecular weight is 216 g/mol. The SMILES string of the molecule is CCOc1ccc(C(C)(O)C(F)F)cc1. The van der Waals surface area contributed by atoms with Crippen LogP contribution >= 0.6 is 0 Å². The van der Waals surface area contributed by atoms with E-state index in [1.807, 2.05) is 6.92 Å². The van der Waals surface area contributed by atoms with Gasteiger partial charge in [0.1, 0.15) is 11.4 Å². The van der Waals surface area contributed by atoms with Crippen LogP contribution in [0.5, 0.6) is 5.75 Å². The predicted octanol–water partition coefficient (Wildman–Crippen LogP) is 2.56. The summed E-state index contributed by atoms with van der Waals surface area (Å²) < 4.78 is 30.1. The fourth-order valence-electron chi connectivity index (χ4n) is 1.18. The zero-order chi connectivity index (χ0) is 11.5. The minimum Gasteiger partial charge on any atom is -0.494 e. The van der Waals surface area contributed by atoms with Crippen LogP contribution < -0.4 is 4.74 Å². The summed E-state index contributed by atoms with van der Waals surface area (Å²) in [5.41, 5.74) is -1.92. The molecule has 1 aromatic rings. The van der Waals surface area contributed by atoms with E-state index in [1.165, 1.54) is 12.1 Å². The Labute approximate surface area is 87.5 Å². The van der Waals surface area contributed by atoms with Crippen LogP contribution in [0.15, 0.2) is 24.3 Å². The molecule has 0 aliphatic rings. The summed E-state index contributed by atoms with van der Waals surface area (Å²) in [6.45, 7) is 3.45. The Balaban J connectivity index is 2.88. The number of hydrogen-bond acceptors (Lipinski definition) is 2. The van der Waals surface area contributed by atoms with Crippen LogP contribution in [0.25, 0.3) is 0 Å². The number of halogens is 2. The Morgan fingerprint density at radius 1 is 1.33 bits per heavy atom. The Bertz CT molecular complexity index is 307. The first kappa shape index (κ1) is 11.9. The van der Waals surface area contributed by atoms with E-state index in [2.05, 4.69) is 0 Å². The van der Waals surface area contributed by atoms with Gasteiger partial charge >= 0.3 is 0 Å². The molecule has 0 bridgehead atoms. The number of benzene rings is 1. The quantitative estimate of drug-likeness (QED) is 0.838. The molecular formula is C11H14F2O2. The summed E-state index contributed by atoms with van der Waals surface area (Å²) in [6.07, 6.45) is -2.81. The van der Waals surface area contributed by atoms with Gasteiger partial charge in [0, 0.05) is 0 Å². The van der Waals surface area contributed by atoms with E-state index in [-0.39, 0.29) is 5.56 Å². The maximum Gasteiger partial charge on any atom is 0.270 e. The van der Waals surface area contributed by atoms with Crippen molar-refractivity contribution >= 4 is 0 Å². The van der Waals surface area contributed by atoms with Gasteiger partial charge in [0.2, 0.25) is 0 Å². The largest absolute Gasteiger partial charge is 0.494 e. The highest BCUT2D eigenvalue weighted by atomic mass is 19.3.